The Morgan fingerprint density at radius 3 is 2.53 bits per heavy atom. The molecule has 1 aliphatic rings. The lowest BCUT2D eigenvalue weighted by Crippen LogP contribution is -2.36. The molecule has 19 heavy (non-hydrogen) atoms. The van der Waals surface area contributed by atoms with Crippen molar-refractivity contribution in [3.05, 3.63) is 21.7 Å². The third kappa shape index (κ3) is 2.66. The van der Waals surface area contributed by atoms with E-state index in [-0.39, 0.29) is 11.4 Å². The van der Waals surface area contributed by atoms with Gasteiger partial charge in [-0.15, -0.1) is 0 Å². The number of aromatic nitrogens is 2. The molecule has 2 N–H and O–H groups in total. The lowest BCUT2D eigenvalue weighted by Gasteiger charge is -2.35. The van der Waals surface area contributed by atoms with Gasteiger partial charge in [-0.05, 0) is 26.2 Å². The van der Waals surface area contributed by atoms with Crippen molar-refractivity contribution in [2.45, 2.75) is 58.0 Å². The van der Waals surface area contributed by atoms with Crippen LogP contribution in [-0.4, -0.2) is 21.7 Å². The summed E-state index contributed by atoms with van der Waals surface area (Å²) < 4.78 is 5.90. The molecule has 0 amide bonds. The van der Waals surface area contributed by atoms with E-state index in [0.29, 0.717) is 24.4 Å². The topological polar surface area (TPSA) is 75.2 Å². The molecule has 0 bridgehead atoms. The first-order chi connectivity index (χ1) is 9.13. The van der Waals surface area contributed by atoms with Crippen LogP contribution >= 0.6 is 0 Å². The van der Waals surface area contributed by atoms with Gasteiger partial charge >= 0.3 is 0 Å². The molecule has 1 aromatic rings. The molecule has 5 nitrogen and oxygen atoms in total. The highest BCUT2D eigenvalue weighted by atomic mass is 16.5. The van der Waals surface area contributed by atoms with Gasteiger partial charge < -0.3 is 14.8 Å². The monoisotopic (exact) mass is 266 g/mol. The molecule has 5 heteroatoms. The van der Waals surface area contributed by atoms with Gasteiger partial charge in [0.1, 0.15) is 11.4 Å². The molecule has 1 fully saturated rings. The average molecular weight is 266 g/mol. The Balaban J connectivity index is 2.45. The van der Waals surface area contributed by atoms with Crippen molar-refractivity contribution >= 4 is 0 Å². The molecule has 1 aliphatic carbocycles. The van der Waals surface area contributed by atoms with Crippen LogP contribution in [-0.2, 0) is 16.8 Å². The number of nitrogens with one attached hydrogen (secondary N) is 1. The maximum atomic E-state index is 12.0. The largest absolute Gasteiger partial charge is 0.493 e. The first-order valence-corrected chi connectivity index (χ1v) is 7.09. The van der Waals surface area contributed by atoms with Crippen LogP contribution in [0.15, 0.2) is 4.79 Å². The first kappa shape index (κ1) is 14.1. The SMILES string of the molecule is CCOC1(c2nc(O)c(CC)c(=O)[nH]2)CCCCC1. The molecule has 1 saturated carbocycles. The zero-order valence-electron chi connectivity index (χ0n) is 11.7. The highest BCUT2D eigenvalue weighted by Gasteiger charge is 2.37. The maximum absolute atomic E-state index is 12.0. The van der Waals surface area contributed by atoms with Crippen molar-refractivity contribution in [3.63, 3.8) is 0 Å². The summed E-state index contributed by atoms with van der Waals surface area (Å²) in [5, 5.41) is 9.90. The van der Waals surface area contributed by atoms with Crippen molar-refractivity contribution in [1.82, 2.24) is 9.97 Å². The average Bonchev–Trinajstić information content (AvgIpc) is 2.40. The fourth-order valence-electron chi connectivity index (χ4n) is 2.87. The Kier molecular flexibility index (Phi) is 4.24. The van der Waals surface area contributed by atoms with Gasteiger partial charge in [0.05, 0.1) is 5.56 Å². The van der Waals surface area contributed by atoms with Gasteiger partial charge in [-0.2, -0.15) is 4.98 Å². The van der Waals surface area contributed by atoms with Crippen molar-refractivity contribution in [2.75, 3.05) is 6.61 Å². The minimum Gasteiger partial charge on any atom is -0.493 e. The van der Waals surface area contributed by atoms with Crippen LogP contribution in [0.25, 0.3) is 0 Å². The van der Waals surface area contributed by atoms with E-state index in [1.807, 2.05) is 13.8 Å². The number of nitrogens with zero attached hydrogens (tertiary/aromatic N) is 1. The number of ether oxygens (including phenoxy) is 1. The predicted octanol–water partition coefficient (Wildman–Crippen LogP) is 2.23. The second-order valence-corrected chi connectivity index (χ2v) is 5.06. The van der Waals surface area contributed by atoms with Gasteiger partial charge in [-0.1, -0.05) is 26.2 Å². The third-order valence-corrected chi connectivity index (χ3v) is 3.86. The lowest BCUT2D eigenvalue weighted by atomic mass is 9.83. The molecule has 0 radical (unpaired) electrons. The Morgan fingerprint density at radius 2 is 2.00 bits per heavy atom. The van der Waals surface area contributed by atoms with E-state index in [2.05, 4.69) is 9.97 Å². The number of aromatic amines is 1. The minimum atomic E-state index is -0.532. The van der Waals surface area contributed by atoms with E-state index in [9.17, 15) is 9.90 Å². The summed E-state index contributed by atoms with van der Waals surface area (Å²) in [6, 6.07) is 0. The number of rotatable bonds is 4. The van der Waals surface area contributed by atoms with Gasteiger partial charge in [0, 0.05) is 6.61 Å². The quantitative estimate of drug-likeness (QED) is 0.876. The smallest absolute Gasteiger partial charge is 0.258 e. The van der Waals surface area contributed by atoms with E-state index in [1.165, 1.54) is 6.42 Å². The molecule has 0 saturated heterocycles. The van der Waals surface area contributed by atoms with Crippen LogP contribution in [0, 0.1) is 0 Å². The van der Waals surface area contributed by atoms with Crippen molar-refractivity contribution in [2.24, 2.45) is 0 Å². The van der Waals surface area contributed by atoms with Crippen molar-refractivity contribution < 1.29 is 9.84 Å². The minimum absolute atomic E-state index is 0.161. The summed E-state index contributed by atoms with van der Waals surface area (Å²) in [7, 11) is 0. The molecule has 106 valence electrons. The summed E-state index contributed by atoms with van der Waals surface area (Å²) in [5.74, 6) is 0.319. The second-order valence-electron chi connectivity index (χ2n) is 5.06. The van der Waals surface area contributed by atoms with E-state index in [1.54, 1.807) is 0 Å². The van der Waals surface area contributed by atoms with Crippen LogP contribution in [0.1, 0.15) is 57.3 Å². The summed E-state index contributed by atoms with van der Waals surface area (Å²) in [6.45, 7) is 4.33. The van der Waals surface area contributed by atoms with E-state index in [0.717, 1.165) is 25.7 Å². The van der Waals surface area contributed by atoms with Crippen LogP contribution in [0.2, 0.25) is 0 Å². The Morgan fingerprint density at radius 1 is 1.32 bits per heavy atom. The van der Waals surface area contributed by atoms with E-state index in [4.69, 9.17) is 4.74 Å². The Labute approximate surface area is 113 Å². The van der Waals surface area contributed by atoms with E-state index < -0.39 is 5.60 Å². The van der Waals surface area contributed by atoms with Crippen molar-refractivity contribution in [1.29, 1.82) is 0 Å². The molecule has 2 rings (SSSR count). The summed E-state index contributed by atoms with van der Waals surface area (Å²) in [6.07, 6.45) is 5.44. The third-order valence-electron chi connectivity index (χ3n) is 3.86. The van der Waals surface area contributed by atoms with Crippen molar-refractivity contribution in [3.8, 4) is 5.88 Å². The fraction of sp³-hybridized carbons (Fsp3) is 0.714. The molecule has 0 aliphatic heterocycles. The number of hydrogen-bond donors (Lipinski definition) is 2. The standard InChI is InChI=1S/C14H22N2O3/c1-3-10-11(17)15-13(16-12(10)18)14(19-4-2)8-6-5-7-9-14/h3-9H2,1-2H3,(H2,15,16,17,18). The van der Waals surface area contributed by atoms with Crippen LogP contribution in [0.5, 0.6) is 5.88 Å². The van der Waals surface area contributed by atoms with Gasteiger partial charge in [0.25, 0.3) is 5.56 Å². The molecule has 1 heterocycles. The predicted molar refractivity (Wildman–Crippen MR) is 72.3 cm³/mol. The fourth-order valence-corrected chi connectivity index (χ4v) is 2.87. The number of hydrogen-bond acceptors (Lipinski definition) is 4. The maximum Gasteiger partial charge on any atom is 0.258 e. The zero-order valence-corrected chi connectivity index (χ0v) is 11.7. The summed E-state index contributed by atoms with van der Waals surface area (Å²) in [5.41, 5.74) is -0.448. The van der Waals surface area contributed by atoms with Gasteiger partial charge in [-0.3, -0.25) is 4.79 Å². The Bertz CT molecular complexity index is 484. The molecule has 1 aromatic heterocycles. The molecular weight excluding hydrogens is 244 g/mol. The van der Waals surface area contributed by atoms with Crippen LogP contribution in [0.3, 0.4) is 0 Å². The number of aromatic hydroxyl groups is 1. The molecule has 0 unspecified atom stereocenters. The van der Waals surface area contributed by atoms with Gasteiger partial charge in [0.2, 0.25) is 5.88 Å². The van der Waals surface area contributed by atoms with Gasteiger partial charge in [0.15, 0.2) is 0 Å². The number of H-pyrrole nitrogens is 1. The second kappa shape index (κ2) is 5.74. The van der Waals surface area contributed by atoms with Crippen LogP contribution in [0.4, 0.5) is 0 Å². The van der Waals surface area contributed by atoms with Crippen LogP contribution < -0.4 is 5.56 Å². The van der Waals surface area contributed by atoms with Gasteiger partial charge in [-0.25, -0.2) is 0 Å². The molecule has 0 aromatic carbocycles. The summed E-state index contributed by atoms with van der Waals surface area (Å²) in [4.78, 5) is 19.0. The van der Waals surface area contributed by atoms with E-state index >= 15 is 0 Å². The molecular formula is C14H22N2O3. The molecule has 0 spiro atoms. The Hall–Kier alpha value is -1.36. The normalized spacial score (nSPS) is 18.4. The zero-order chi connectivity index (χ0) is 13.9. The molecule has 0 atom stereocenters. The highest BCUT2D eigenvalue weighted by Crippen LogP contribution is 2.39. The first-order valence-electron chi connectivity index (χ1n) is 7.09. The lowest BCUT2D eigenvalue weighted by molar-refractivity contribution is -0.0771. The highest BCUT2D eigenvalue weighted by molar-refractivity contribution is 5.24. The summed E-state index contributed by atoms with van der Waals surface area (Å²) >= 11 is 0.